The van der Waals surface area contributed by atoms with E-state index >= 15 is 0 Å². The van der Waals surface area contributed by atoms with Crippen molar-refractivity contribution in [3.8, 4) is 23.3 Å². The van der Waals surface area contributed by atoms with Crippen LogP contribution in [0.15, 0.2) is 18.2 Å². The third-order valence-corrected chi connectivity index (χ3v) is 4.32. The summed E-state index contributed by atoms with van der Waals surface area (Å²) in [6, 6.07) is 8.50. The van der Waals surface area contributed by atoms with E-state index in [0.29, 0.717) is 24.3 Å². The first-order chi connectivity index (χ1) is 10.3. The van der Waals surface area contributed by atoms with Crippen LogP contribution in [-0.4, -0.2) is 25.0 Å². The fraction of sp³-hybridized carbons (Fsp3) is 0.562. The maximum absolute atomic E-state index is 9.66. The zero-order chi connectivity index (χ0) is 14.3. The van der Waals surface area contributed by atoms with Crippen LogP contribution in [0.25, 0.3) is 0 Å². The monoisotopic (exact) mass is 286 g/mol. The van der Waals surface area contributed by atoms with Gasteiger partial charge in [0.05, 0.1) is 6.07 Å². The Kier molecular flexibility index (Phi) is 2.93. The third-order valence-electron chi connectivity index (χ3n) is 4.32. The Morgan fingerprint density at radius 1 is 1.24 bits per heavy atom. The van der Waals surface area contributed by atoms with E-state index in [-0.39, 0.29) is 6.79 Å². The number of ether oxygens (including phenoxy) is 3. The van der Waals surface area contributed by atoms with Crippen molar-refractivity contribution in [2.75, 3.05) is 13.4 Å². The average molecular weight is 286 g/mol. The summed E-state index contributed by atoms with van der Waals surface area (Å²) in [7, 11) is 0. The van der Waals surface area contributed by atoms with Crippen LogP contribution < -0.4 is 19.5 Å². The number of hydrogen-bond donors (Lipinski definition) is 1. The van der Waals surface area contributed by atoms with Gasteiger partial charge in [0.25, 0.3) is 0 Å². The van der Waals surface area contributed by atoms with E-state index in [1.807, 2.05) is 18.2 Å². The van der Waals surface area contributed by atoms with Crippen molar-refractivity contribution < 1.29 is 14.2 Å². The van der Waals surface area contributed by atoms with E-state index in [1.165, 1.54) is 12.8 Å². The maximum Gasteiger partial charge on any atom is 0.231 e. The largest absolute Gasteiger partial charge is 0.490 e. The second-order valence-corrected chi connectivity index (χ2v) is 6.08. The molecule has 1 heterocycles. The minimum absolute atomic E-state index is 0.256. The normalized spacial score (nSPS) is 22.4. The Morgan fingerprint density at radius 3 is 2.76 bits per heavy atom. The second kappa shape index (κ2) is 4.81. The maximum atomic E-state index is 9.66. The summed E-state index contributed by atoms with van der Waals surface area (Å²) in [5.74, 6) is 2.58. The number of rotatable bonds is 6. The van der Waals surface area contributed by atoms with Gasteiger partial charge in [-0.25, -0.2) is 0 Å². The van der Waals surface area contributed by atoms with Gasteiger partial charge in [-0.2, -0.15) is 5.26 Å². The molecule has 2 fully saturated rings. The van der Waals surface area contributed by atoms with Crippen molar-refractivity contribution >= 4 is 0 Å². The Morgan fingerprint density at radius 2 is 2.05 bits per heavy atom. The molecule has 0 saturated heterocycles. The molecule has 0 bridgehead atoms. The standard InChI is InChI=1S/C16H18N2O3/c17-8-16(11-1-2-11,18-12-3-4-12)9-19-13-5-6-14-15(7-13)21-10-20-14/h5-7,11-12,18H,1-4,9-10H2. The van der Waals surface area contributed by atoms with Gasteiger partial charge in [0, 0.05) is 12.1 Å². The summed E-state index contributed by atoms with van der Waals surface area (Å²) in [4.78, 5) is 0. The zero-order valence-corrected chi connectivity index (χ0v) is 11.8. The number of hydrogen-bond acceptors (Lipinski definition) is 5. The highest BCUT2D eigenvalue weighted by Gasteiger charge is 2.49. The summed E-state index contributed by atoms with van der Waals surface area (Å²) in [5.41, 5.74) is -0.544. The molecule has 110 valence electrons. The van der Waals surface area contributed by atoms with Crippen molar-refractivity contribution in [3.05, 3.63) is 18.2 Å². The second-order valence-electron chi connectivity index (χ2n) is 6.08. The molecule has 1 aromatic carbocycles. The molecule has 1 atom stereocenters. The van der Waals surface area contributed by atoms with Gasteiger partial charge in [-0.05, 0) is 43.7 Å². The van der Waals surface area contributed by atoms with Gasteiger partial charge in [-0.15, -0.1) is 0 Å². The van der Waals surface area contributed by atoms with Crippen LogP contribution in [-0.2, 0) is 0 Å². The van der Waals surface area contributed by atoms with E-state index < -0.39 is 5.54 Å². The van der Waals surface area contributed by atoms with Gasteiger partial charge < -0.3 is 14.2 Å². The van der Waals surface area contributed by atoms with Crippen molar-refractivity contribution in [2.24, 2.45) is 5.92 Å². The molecule has 0 radical (unpaired) electrons. The molecule has 4 rings (SSSR count). The lowest BCUT2D eigenvalue weighted by Gasteiger charge is -2.28. The molecule has 21 heavy (non-hydrogen) atoms. The van der Waals surface area contributed by atoms with Crippen molar-refractivity contribution in [1.82, 2.24) is 5.32 Å². The summed E-state index contributed by atoms with van der Waals surface area (Å²) >= 11 is 0. The lowest BCUT2D eigenvalue weighted by Crippen LogP contribution is -2.52. The lowest BCUT2D eigenvalue weighted by molar-refractivity contribution is 0.173. The van der Waals surface area contributed by atoms with Gasteiger partial charge in [-0.1, -0.05) is 0 Å². The molecule has 2 saturated carbocycles. The lowest BCUT2D eigenvalue weighted by atomic mass is 9.96. The molecule has 1 aromatic rings. The summed E-state index contributed by atoms with van der Waals surface area (Å²) in [6.45, 7) is 0.635. The van der Waals surface area contributed by atoms with E-state index in [2.05, 4.69) is 11.4 Å². The first-order valence-electron chi connectivity index (χ1n) is 7.50. The molecule has 1 aliphatic heterocycles. The first-order valence-corrected chi connectivity index (χ1v) is 7.50. The molecule has 5 nitrogen and oxygen atoms in total. The molecule has 0 aromatic heterocycles. The van der Waals surface area contributed by atoms with E-state index in [1.54, 1.807) is 0 Å². The zero-order valence-electron chi connectivity index (χ0n) is 11.8. The van der Waals surface area contributed by atoms with Crippen LogP contribution in [0.1, 0.15) is 25.7 Å². The fourth-order valence-electron chi connectivity index (χ4n) is 2.77. The van der Waals surface area contributed by atoms with E-state index in [0.717, 1.165) is 24.3 Å². The minimum atomic E-state index is -0.544. The van der Waals surface area contributed by atoms with Crippen LogP contribution in [0.2, 0.25) is 0 Å². The molecule has 2 aliphatic carbocycles. The Labute approximate surface area is 123 Å². The molecule has 0 spiro atoms. The van der Waals surface area contributed by atoms with Crippen LogP contribution in [0, 0.1) is 17.2 Å². The smallest absolute Gasteiger partial charge is 0.231 e. The Balaban J connectivity index is 1.47. The topological polar surface area (TPSA) is 63.5 Å². The number of nitrogens with zero attached hydrogens (tertiary/aromatic N) is 1. The molecule has 5 heteroatoms. The minimum Gasteiger partial charge on any atom is -0.490 e. The number of fused-ring (bicyclic) bond motifs is 1. The van der Waals surface area contributed by atoms with Gasteiger partial charge in [0.15, 0.2) is 11.5 Å². The van der Waals surface area contributed by atoms with Crippen molar-refractivity contribution in [3.63, 3.8) is 0 Å². The van der Waals surface area contributed by atoms with E-state index in [4.69, 9.17) is 14.2 Å². The van der Waals surface area contributed by atoms with Gasteiger partial charge in [-0.3, -0.25) is 5.32 Å². The quantitative estimate of drug-likeness (QED) is 0.868. The predicted molar refractivity (Wildman–Crippen MR) is 75.3 cm³/mol. The highest BCUT2D eigenvalue weighted by atomic mass is 16.7. The predicted octanol–water partition coefficient (Wildman–Crippen LogP) is 2.22. The van der Waals surface area contributed by atoms with E-state index in [9.17, 15) is 5.26 Å². The number of benzene rings is 1. The molecular formula is C16H18N2O3. The number of nitriles is 1. The van der Waals surface area contributed by atoms with Crippen LogP contribution in [0.5, 0.6) is 17.2 Å². The fourth-order valence-corrected chi connectivity index (χ4v) is 2.77. The van der Waals surface area contributed by atoms with Crippen molar-refractivity contribution in [1.29, 1.82) is 5.26 Å². The SMILES string of the molecule is N#CC(COc1ccc2c(c1)OCO2)(NC1CC1)C1CC1. The highest BCUT2D eigenvalue weighted by molar-refractivity contribution is 5.47. The van der Waals surface area contributed by atoms with Gasteiger partial charge in [0.1, 0.15) is 17.9 Å². The molecule has 3 aliphatic rings. The summed E-state index contributed by atoms with van der Waals surface area (Å²) < 4.78 is 16.5. The molecule has 1 unspecified atom stereocenters. The Hall–Kier alpha value is -1.93. The molecule has 1 N–H and O–H groups in total. The van der Waals surface area contributed by atoms with Gasteiger partial charge in [0.2, 0.25) is 6.79 Å². The Bertz CT molecular complexity index is 590. The summed E-state index contributed by atoms with van der Waals surface area (Å²) in [6.07, 6.45) is 4.55. The summed E-state index contributed by atoms with van der Waals surface area (Å²) in [5, 5.41) is 13.2. The number of nitrogens with one attached hydrogen (secondary N) is 1. The third kappa shape index (κ3) is 2.52. The highest BCUT2D eigenvalue weighted by Crippen LogP contribution is 2.42. The first kappa shape index (κ1) is 12.8. The molecular weight excluding hydrogens is 268 g/mol. The van der Waals surface area contributed by atoms with Crippen molar-refractivity contribution in [2.45, 2.75) is 37.3 Å². The van der Waals surface area contributed by atoms with Gasteiger partial charge >= 0.3 is 0 Å². The average Bonchev–Trinajstić information content (AvgIpc) is 3.42. The van der Waals surface area contributed by atoms with Crippen LogP contribution >= 0.6 is 0 Å². The van der Waals surface area contributed by atoms with Crippen LogP contribution in [0.4, 0.5) is 0 Å². The molecule has 0 amide bonds. The van der Waals surface area contributed by atoms with Crippen LogP contribution in [0.3, 0.4) is 0 Å².